The summed E-state index contributed by atoms with van der Waals surface area (Å²) >= 11 is 0. The third-order valence-corrected chi connectivity index (χ3v) is 7.50. The topological polar surface area (TPSA) is 19.0 Å². The molecule has 0 aliphatic heterocycles. The molecule has 0 aromatic rings. The van der Waals surface area contributed by atoms with Crippen LogP contribution in [0.15, 0.2) is 0 Å². The van der Waals surface area contributed by atoms with Gasteiger partial charge in [0.25, 0.3) is 0 Å². The molecule has 0 fully saturated rings. The summed E-state index contributed by atoms with van der Waals surface area (Å²) in [7, 11) is 7.00. The third kappa shape index (κ3) is 8.06. The molecule has 0 saturated heterocycles. The molecule has 0 aliphatic rings. The molecule has 0 aliphatic carbocycles. The molecule has 0 amide bonds. The minimum atomic E-state index is -1.63. The number of rotatable bonds is 12. The second-order valence-electron chi connectivity index (χ2n) is 7.63. The Morgan fingerprint density at radius 2 is 1.09 bits per heavy atom. The molecule has 5 heteroatoms. The van der Waals surface area contributed by atoms with Crippen molar-refractivity contribution in [1.82, 2.24) is 14.7 Å². The Morgan fingerprint density at radius 3 is 1.32 bits per heavy atom. The van der Waals surface area contributed by atoms with Crippen molar-refractivity contribution in [3.63, 3.8) is 0 Å². The predicted molar refractivity (Wildman–Crippen MR) is 101 cm³/mol. The van der Waals surface area contributed by atoms with E-state index in [4.69, 9.17) is 4.43 Å². The van der Waals surface area contributed by atoms with Crippen LogP contribution in [0.5, 0.6) is 0 Å². The van der Waals surface area contributed by atoms with Crippen LogP contribution in [-0.2, 0) is 4.43 Å². The van der Waals surface area contributed by atoms with Crippen molar-refractivity contribution in [2.75, 3.05) is 67.5 Å². The first kappa shape index (κ1) is 22.1. The molecule has 0 unspecified atom stereocenters. The average molecular weight is 332 g/mol. The molecule has 0 radical (unpaired) electrons. The van der Waals surface area contributed by atoms with Crippen LogP contribution in [0.1, 0.15) is 20.8 Å². The van der Waals surface area contributed by atoms with Crippen LogP contribution in [0.2, 0.25) is 19.1 Å². The van der Waals surface area contributed by atoms with Gasteiger partial charge in [0.15, 0.2) is 8.32 Å². The molecule has 0 aromatic heterocycles. The van der Waals surface area contributed by atoms with Gasteiger partial charge >= 0.3 is 0 Å². The second kappa shape index (κ2) is 10.0. The highest BCUT2D eigenvalue weighted by Gasteiger charge is 2.40. The molecule has 134 valence electrons. The van der Waals surface area contributed by atoms with Crippen molar-refractivity contribution in [1.29, 1.82) is 0 Å². The lowest BCUT2D eigenvalue weighted by molar-refractivity contribution is 0.0952. The first-order valence-corrected chi connectivity index (χ1v) is 11.9. The second-order valence-corrected chi connectivity index (χ2v) is 11.9. The maximum absolute atomic E-state index is 5.92. The van der Waals surface area contributed by atoms with Gasteiger partial charge in [-0.2, -0.15) is 0 Å². The summed E-state index contributed by atoms with van der Waals surface area (Å²) in [5.41, 5.74) is 0.270. The Labute approximate surface area is 140 Å². The van der Waals surface area contributed by atoms with Crippen molar-refractivity contribution < 1.29 is 4.43 Å². The molecule has 22 heavy (non-hydrogen) atoms. The van der Waals surface area contributed by atoms with E-state index in [0.717, 1.165) is 39.3 Å². The lowest BCUT2D eigenvalue weighted by Gasteiger charge is -2.45. The lowest BCUT2D eigenvalue weighted by atomic mass is 9.88. The molecule has 4 nitrogen and oxygen atoms in total. The van der Waals surface area contributed by atoms with E-state index in [9.17, 15) is 0 Å². The van der Waals surface area contributed by atoms with E-state index in [2.05, 4.69) is 69.7 Å². The van der Waals surface area contributed by atoms with Crippen molar-refractivity contribution in [3.05, 3.63) is 0 Å². The third-order valence-electron chi connectivity index (χ3n) is 4.79. The molecule has 0 aromatic carbocycles. The number of hydrogen-bond donors (Lipinski definition) is 0. The Balaban J connectivity index is 5.45. The van der Waals surface area contributed by atoms with Crippen LogP contribution >= 0.6 is 0 Å². The summed E-state index contributed by atoms with van der Waals surface area (Å²) in [6, 6.07) is 1.20. The first-order chi connectivity index (χ1) is 10.1. The van der Waals surface area contributed by atoms with Gasteiger partial charge in [-0.1, -0.05) is 20.8 Å². The van der Waals surface area contributed by atoms with Crippen molar-refractivity contribution >= 4 is 8.32 Å². The zero-order valence-corrected chi connectivity index (χ0v) is 17.7. The van der Waals surface area contributed by atoms with Gasteiger partial charge in [0.05, 0.1) is 0 Å². The maximum Gasteiger partial charge on any atom is 0.186 e. The van der Waals surface area contributed by atoms with Crippen molar-refractivity contribution in [3.8, 4) is 0 Å². The zero-order chi connectivity index (χ0) is 17.4. The minimum Gasteiger partial charge on any atom is -0.420 e. The first-order valence-electron chi connectivity index (χ1n) is 8.74. The molecule has 0 heterocycles. The Hall–Kier alpha value is 0.0569. The molecule has 0 bridgehead atoms. The Kier molecular flexibility index (Phi) is 10.1. The maximum atomic E-state index is 5.92. The van der Waals surface area contributed by atoms with Crippen LogP contribution in [0.4, 0.5) is 0 Å². The molecule has 0 rings (SSSR count). The molecule has 0 saturated carbocycles. The van der Waals surface area contributed by atoms with Crippen molar-refractivity contribution in [2.45, 2.75) is 39.9 Å². The van der Waals surface area contributed by atoms with Crippen LogP contribution in [0.3, 0.4) is 0 Å². The van der Waals surface area contributed by atoms with Gasteiger partial charge in [-0.05, 0) is 59.9 Å². The van der Waals surface area contributed by atoms with Gasteiger partial charge in [0, 0.05) is 32.2 Å². The summed E-state index contributed by atoms with van der Waals surface area (Å²) in [6.07, 6.45) is 0. The summed E-state index contributed by atoms with van der Waals surface area (Å²) in [4.78, 5) is 7.40. The molecule has 0 atom stereocenters. The fraction of sp³-hybridized carbons (Fsp3) is 1.00. The van der Waals surface area contributed by atoms with E-state index >= 15 is 0 Å². The zero-order valence-electron chi connectivity index (χ0n) is 16.7. The highest BCUT2D eigenvalue weighted by atomic mass is 28.4. The fourth-order valence-corrected chi connectivity index (χ4v) is 5.63. The quantitative estimate of drug-likeness (QED) is 0.512. The van der Waals surface area contributed by atoms with E-state index in [1.54, 1.807) is 0 Å². The Bertz CT molecular complexity index is 268. The molecule has 0 spiro atoms. The minimum absolute atomic E-state index is 0.270. The molecular weight excluding hydrogens is 290 g/mol. The van der Waals surface area contributed by atoms with Crippen LogP contribution in [0, 0.1) is 5.41 Å². The predicted octanol–water partition coefficient (Wildman–Crippen LogP) is 2.68. The highest BCUT2D eigenvalue weighted by Crippen LogP contribution is 2.32. The smallest absolute Gasteiger partial charge is 0.186 e. The fourth-order valence-electron chi connectivity index (χ4n) is 3.35. The van der Waals surface area contributed by atoms with Gasteiger partial charge in [-0.3, -0.25) is 0 Å². The Morgan fingerprint density at radius 1 is 0.773 bits per heavy atom. The van der Waals surface area contributed by atoms with E-state index in [-0.39, 0.29) is 5.41 Å². The summed E-state index contributed by atoms with van der Waals surface area (Å²) in [5.74, 6) is 0. The lowest BCUT2D eigenvalue weighted by Crippen LogP contribution is -2.53. The van der Waals surface area contributed by atoms with Crippen LogP contribution in [0.25, 0.3) is 0 Å². The summed E-state index contributed by atoms with van der Waals surface area (Å²) < 4.78 is 5.92. The normalized spacial score (nSPS) is 13.6. The number of hydrogen-bond acceptors (Lipinski definition) is 4. The van der Waals surface area contributed by atoms with Crippen LogP contribution in [-0.4, -0.2) is 90.5 Å². The average Bonchev–Trinajstić information content (AvgIpc) is 2.45. The highest BCUT2D eigenvalue weighted by molar-refractivity contribution is 6.71. The van der Waals surface area contributed by atoms with E-state index in [0.29, 0.717) is 0 Å². The van der Waals surface area contributed by atoms with Gasteiger partial charge in [-0.15, -0.1) is 0 Å². The largest absolute Gasteiger partial charge is 0.420 e. The van der Waals surface area contributed by atoms with Gasteiger partial charge in [0.1, 0.15) is 0 Å². The standard InChI is InChI=1S/C17H41N3OSi/c1-10-18(4)13-17(14-19(5)11-2,15-20(6)12-3)16-22(8,9)21-7/h10-16H2,1-9H3. The molecular formula is C17H41N3OSi. The van der Waals surface area contributed by atoms with E-state index in [1.165, 1.54) is 6.04 Å². The van der Waals surface area contributed by atoms with E-state index < -0.39 is 8.32 Å². The summed E-state index contributed by atoms with van der Waals surface area (Å²) in [6.45, 7) is 18.2. The van der Waals surface area contributed by atoms with Gasteiger partial charge in [-0.25, -0.2) is 0 Å². The van der Waals surface area contributed by atoms with E-state index in [1.807, 2.05) is 7.11 Å². The van der Waals surface area contributed by atoms with Gasteiger partial charge < -0.3 is 19.1 Å². The molecule has 0 N–H and O–H groups in total. The van der Waals surface area contributed by atoms with Gasteiger partial charge in [0.2, 0.25) is 0 Å². The number of nitrogens with zero attached hydrogens (tertiary/aromatic N) is 3. The summed E-state index contributed by atoms with van der Waals surface area (Å²) in [5, 5.41) is 0. The monoisotopic (exact) mass is 331 g/mol. The SMILES string of the molecule is CCN(C)CC(CN(C)CC)(CN(C)CC)C[Si](C)(C)OC. The van der Waals surface area contributed by atoms with Crippen LogP contribution < -0.4 is 0 Å². The van der Waals surface area contributed by atoms with Crippen molar-refractivity contribution in [2.24, 2.45) is 5.41 Å².